The van der Waals surface area contributed by atoms with Crippen molar-refractivity contribution in [3.63, 3.8) is 0 Å². The van der Waals surface area contributed by atoms with Crippen molar-refractivity contribution in [3.05, 3.63) is 0 Å². The molecule has 51 heavy (non-hydrogen) atoms. The monoisotopic (exact) mass is 734 g/mol. The Morgan fingerprint density at radius 2 is 1.02 bits per heavy atom. The van der Waals surface area contributed by atoms with Gasteiger partial charge in [-0.15, -0.1) is 0 Å². The highest BCUT2D eigenvalue weighted by Gasteiger charge is 2.44. The number of rotatable bonds is 34. The Hall–Kier alpha value is -0.890. The van der Waals surface area contributed by atoms with Gasteiger partial charge in [0.15, 0.2) is 6.29 Å². The highest BCUT2D eigenvalue weighted by atomic mass is 16.7. The van der Waals surface area contributed by atoms with E-state index in [4.69, 9.17) is 9.47 Å². The van der Waals surface area contributed by atoms with E-state index < -0.39 is 74.2 Å². The van der Waals surface area contributed by atoms with E-state index in [-0.39, 0.29) is 6.42 Å². The van der Waals surface area contributed by atoms with E-state index >= 15 is 0 Å². The predicted molar refractivity (Wildman–Crippen MR) is 201 cm³/mol. The van der Waals surface area contributed by atoms with Crippen LogP contribution in [0.1, 0.15) is 181 Å². The minimum Gasteiger partial charge on any atom is -0.394 e. The zero-order chi connectivity index (χ0) is 37.7. The standard InChI is InChI=1S/C40H79NO10/c1-3-5-7-9-10-11-12-13-14-15-16-17-18-19-20-21-22-24-26-28-33(44)39(49)41-31(35(45)32(43)27-25-23-8-6-4-2)30-50-40-38(48)37(47)36(46)34(29-42)51-40/h31-38,40,42-48H,3-30H2,1-2H3,(H,41,49). The van der Waals surface area contributed by atoms with Gasteiger partial charge in [0.05, 0.1) is 25.4 Å². The summed E-state index contributed by atoms with van der Waals surface area (Å²) in [4.78, 5) is 12.9. The van der Waals surface area contributed by atoms with E-state index in [0.717, 1.165) is 44.9 Å². The predicted octanol–water partition coefficient (Wildman–Crippen LogP) is 5.55. The summed E-state index contributed by atoms with van der Waals surface area (Å²) in [6.07, 6.45) is 17.9. The molecule has 0 aromatic carbocycles. The summed E-state index contributed by atoms with van der Waals surface area (Å²) >= 11 is 0. The molecule has 11 heteroatoms. The first-order chi connectivity index (χ1) is 24.7. The number of hydrogen-bond donors (Lipinski definition) is 8. The third-order valence-corrected chi connectivity index (χ3v) is 10.4. The summed E-state index contributed by atoms with van der Waals surface area (Å²) in [6.45, 7) is 3.32. The smallest absolute Gasteiger partial charge is 0.249 e. The third-order valence-electron chi connectivity index (χ3n) is 10.4. The zero-order valence-corrected chi connectivity index (χ0v) is 32.4. The lowest BCUT2D eigenvalue weighted by Crippen LogP contribution is -2.60. The molecule has 9 unspecified atom stereocenters. The van der Waals surface area contributed by atoms with Gasteiger partial charge >= 0.3 is 0 Å². The van der Waals surface area contributed by atoms with Gasteiger partial charge in [0.2, 0.25) is 5.91 Å². The van der Waals surface area contributed by atoms with Crippen molar-refractivity contribution in [1.29, 1.82) is 0 Å². The molecule has 304 valence electrons. The lowest BCUT2D eigenvalue weighted by Gasteiger charge is -2.40. The van der Waals surface area contributed by atoms with E-state index in [1.54, 1.807) is 0 Å². The maximum Gasteiger partial charge on any atom is 0.249 e. The molecule has 9 atom stereocenters. The van der Waals surface area contributed by atoms with E-state index in [1.807, 2.05) is 0 Å². The van der Waals surface area contributed by atoms with E-state index in [0.29, 0.717) is 19.3 Å². The van der Waals surface area contributed by atoms with Crippen molar-refractivity contribution in [2.75, 3.05) is 13.2 Å². The van der Waals surface area contributed by atoms with Crippen LogP contribution >= 0.6 is 0 Å². The van der Waals surface area contributed by atoms with Crippen LogP contribution < -0.4 is 5.32 Å². The third kappa shape index (κ3) is 22.2. The quantitative estimate of drug-likeness (QED) is 0.0390. The number of unbranched alkanes of at least 4 members (excludes halogenated alkanes) is 22. The maximum atomic E-state index is 12.9. The lowest BCUT2D eigenvalue weighted by atomic mass is 9.98. The van der Waals surface area contributed by atoms with Gasteiger partial charge in [-0.25, -0.2) is 0 Å². The lowest BCUT2D eigenvalue weighted by molar-refractivity contribution is -0.303. The van der Waals surface area contributed by atoms with Gasteiger partial charge < -0.3 is 50.5 Å². The Morgan fingerprint density at radius 1 is 0.608 bits per heavy atom. The molecule has 0 saturated carbocycles. The van der Waals surface area contributed by atoms with Crippen molar-refractivity contribution < 1.29 is 50.0 Å². The topological polar surface area (TPSA) is 189 Å². The average Bonchev–Trinajstić information content (AvgIpc) is 3.13. The molecule has 1 aliphatic heterocycles. The molecule has 0 aromatic heterocycles. The van der Waals surface area contributed by atoms with Crippen LogP contribution in [0.15, 0.2) is 0 Å². The molecule has 0 aromatic rings. The minimum absolute atomic E-state index is 0.265. The van der Waals surface area contributed by atoms with E-state index in [1.165, 1.54) is 96.3 Å². The van der Waals surface area contributed by atoms with Gasteiger partial charge in [-0.05, 0) is 12.8 Å². The number of aliphatic hydroxyl groups excluding tert-OH is 7. The molecule has 11 nitrogen and oxygen atoms in total. The Morgan fingerprint density at radius 3 is 1.45 bits per heavy atom. The number of hydrogen-bond acceptors (Lipinski definition) is 10. The fraction of sp³-hybridized carbons (Fsp3) is 0.975. The first-order valence-electron chi connectivity index (χ1n) is 20.9. The van der Waals surface area contributed by atoms with Crippen LogP contribution in [0, 0.1) is 0 Å². The molecular formula is C40H79NO10. The number of amides is 1. The van der Waals surface area contributed by atoms with Crippen LogP contribution in [0.5, 0.6) is 0 Å². The van der Waals surface area contributed by atoms with Crippen molar-refractivity contribution >= 4 is 5.91 Å². The first-order valence-corrected chi connectivity index (χ1v) is 20.9. The SMILES string of the molecule is CCCCCCCCCCCCCCCCCCCCCC(O)C(=O)NC(COC1OC(CO)C(O)C(O)C1O)C(O)C(O)CCCCCCC. The van der Waals surface area contributed by atoms with Crippen molar-refractivity contribution in [2.45, 2.75) is 236 Å². The average molecular weight is 734 g/mol. The van der Waals surface area contributed by atoms with Crippen LogP contribution in [0.3, 0.4) is 0 Å². The van der Waals surface area contributed by atoms with Gasteiger partial charge in [-0.2, -0.15) is 0 Å². The molecule has 0 aliphatic carbocycles. The fourth-order valence-corrected chi connectivity index (χ4v) is 6.85. The van der Waals surface area contributed by atoms with Gasteiger partial charge in [-0.1, -0.05) is 168 Å². The first kappa shape index (κ1) is 48.1. The zero-order valence-electron chi connectivity index (χ0n) is 32.4. The van der Waals surface area contributed by atoms with Crippen molar-refractivity contribution in [3.8, 4) is 0 Å². The fourth-order valence-electron chi connectivity index (χ4n) is 6.85. The molecule has 1 heterocycles. The van der Waals surface area contributed by atoms with Gasteiger partial charge in [0.25, 0.3) is 0 Å². The summed E-state index contributed by atoms with van der Waals surface area (Å²) in [5.41, 5.74) is 0. The summed E-state index contributed by atoms with van der Waals surface area (Å²) in [6, 6.07) is -1.16. The molecule has 0 bridgehead atoms. The molecule has 1 fully saturated rings. The Balaban J connectivity index is 2.35. The normalized spacial score (nSPS) is 23.2. The van der Waals surface area contributed by atoms with E-state index in [9.17, 15) is 40.5 Å². The van der Waals surface area contributed by atoms with Gasteiger partial charge in [-0.3, -0.25) is 4.79 Å². The largest absolute Gasteiger partial charge is 0.394 e. The molecule has 1 saturated heterocycles. The molecule has 0 radical (unpaired) electrons. The molecule has 0 spiro atoms. The number of aliphatic hydroxyl groups is 7. The molecule has 1 aliphatic rings. The molecule has 1 amide bonds. The van der Waals surface area contributed by atoms with Crippen LogP contribution in [-0.4, -0.2) is 110 Å². The number of ether oxygens (including phenoxy) is 2. The number of nitrogens with one attached hydrogen (secondary N) is 1. The second kappa shape index (κ2) is 31.5. The Labute approximate surface area is 309 Å². The summed E-state index contributed by atoms with van der Waals surface area (Å²) < 4.78 is 11.0. The summed E-state index contributed by atoms with van der Waals surface area (Å²) in [5.74, 6) is -0.700. The second-order valence-corrected chi connectivity index (χ2v) is 15.1. The summed E-state index contributed by atoms with van der Waals surface area (Å²) in [5, 5.41) is 74.8. The number of carbonyl (C=O) groups excluding carboxylic acids is 1. The molecule has 1 rings (SSSR count). The van der Waals surface area contributed by atoms with Crippen molar-refractivity contribution in [1.82, 2.24) is 5.32 Å². The van der Waals surface area contributed by atoms with Crippen LogP contribution in [-0.2, 0) is 14.3 Å². The van der Waals surface area contributed by atoms with E-state index in [2.05, 4.69) is 19.2 Å². The van der Waals surface area contributed by atoms with Gasteiger partial charge in [0.1, 0.15) is 36.6 Å². The van der Waals surface area contributed by atoms with Crippen LogP contribution in [0.25, 0.3) is 0 Å². The second-order valence-electron chi connectivity index (χ2n) is 15.1. The molecular weight excluding hydrogens is 654 g/mol. The molecule has 8 N–H and O–H groups in total. The van der Waals surface area contributed by atoms with Crippen LogP contribution in [0.2, 0.25) is 0 Å². The maximum absolute atomic E-state index is 12.9. The highest BCUT2D eigenvalue weighted by Crippen LogP contribution is 2.23. The number of carbonyl (C=O) groups is 1. The van der Waals surface area contributed by atoms with Crippen LogP contribution in [0.4, 0.5) is 0 Å². The summed E-state index contributed by atoms with van der Waals surface area (Å²) in [7, 11) is 0. The Kier molecular flexibility index (Phi) is 29.7. The van der Waals surface area contributed by atoms with Gasteiger partial charge in [0, 0.05) is 0 Å². The highest BCUT2D eigenvalue weighted by molar-refractivity contribution is 5.80. The Bertz CT molecular complexity index is 805. The minimum atomic E-state index is -1.65. The van der Waals surface area contributed by atoms with Crippen molar-refractivity contribution in [2.24, 2.45) is 0 Å².